The van der Waals surface area contributed by atoms with Gasteiger partial charge in [0, 0.05) is 26.3 Å². The predicted octanol–water partition coefficient (Wildman–Crippen LogP) is 0.835. The summed E-state index contributed by atoms with van der Waals surface area (Å²) in [5.41, 5.74) is 0.546. The maximum atomic E-state index is 12.3. The Bertz CT molecular complexity index is 469. The van der Waals surface area contributed by atoms with Gasteiger partial charge in [-0.15, -0.1) is 0 Å². The minimum absolute atomic E-state index is 0.0750. The molecule has 0 aliphatic carbocycles. The number of carbonyl (C=O) groups is 2. The molecule has 6 nitrogen and oxygen atoms in total. The smallest absolute Gasteiger partial charge is 0.310 e. The SMILES string of the molecule is CCOC(=O)[C@H]1CCCN(C(=O)c2ccnn2C)C1. The molecule has 2 rings (SSSR count). The first kappa shape index (κ1) is 13.6. The molecule has 104 valence electrons. The molecule has 0 spiro atoms. The molecule has 0 N–H and O–H groups in total. The van der Waals surface area contributed by atoms with Gasteiger partial charge in [-0.25, -0.2) is 0 Å². The summed E-state index contributed by atoms with van der Waals surface area (Å²) < 4.78 is 6.58. The van der Waals surface area contributed by atoms with Gasteiger partial charge >= 0.3 is 5.97 Å². The lowest BCUT2D eigenvalue weighted by atomic mass is 9.98. The van der Waals surface area contributed by atoms with Crippen LogP contribution < -0.4 is 0 Å². The van der Waals surface area contributed by atoms with E-state index in [1.807, 2.05) is 0 Å². The Morgan fingerprint density at radius 1 is 1.53 bits per heavy atom. The fraction of sp³-hybridized carbons (Fsp3) is 0.615. The van der Waals surface area contributed by atoms with Crippen LogP contribution in [0.4, 0.5) is 0 Å². The summed E-state index contributed by atoms with van der Waals surface area (Å²) in [5, 5.41) is 3.99. The second-order valence-electron chi connectivity index (χ2n) is 4.68. The Kier molecular flexibility index (Phi) is 4.19. The molecule has 19 heavy (non-hydrogen) atoms. The standard InChI is InChI=1S/C13H19N3O3/c1-3-19-13(18)10-5-4-8-16(9-10)12(17)11-6-7-14-15(11)2/h6-7,10H,3-5,8-9H2,1-2H3/t10-/m0/s1. The van der Waals surface area contributed by atoms with Crippen LogP contribution >= 0.6 is 0 Å². The van der Waals surface area contributed by atoms with E-state index >= 15 is 0 Å². The van der Waals surface area contributed by atoms with Crippen LogP contribution in [0.1, 0.15) is 30.3 Å². The van der Waals surface area contributed by atoms with Crippen LogP contribution in [-0.4, -0.2) is 46.3 Å². The monoisotopic (exact) mass is 265 g/mol. The lowest BCUT2D eigenvalue weighted by Crippen LogP contribution is -2.43. The molecule has 1 aromatic heterocycles. The maximum absolute atomic E-state index is 12.3. The molecule has 1 aliphatic rings. The van der Waals surface area contributed by atoms with Crippen LogP contribution in [0.15, 0.2) is 12.3 Å². The minimum atomic E-state index is -0.204. The number of carbonyl (C=O) groups excluding carboxylic acids is 2. The highest BCUT2D eigenvalue weighted by atomic mass is 16.5. The molecule has 0 radical (unpaired) electrons. The first-order valence-electron chi connectivity index (χ1n) is 6.57. The molecule has 1 amide bonds. The number of ether oxygens (including phenoxy) is 1. The van der Waals surface area contributed by atoms with Crippen LogP contribution in [-0.2, 0) is 16.6 Å². The third kappa shape index (κ3) is 2.94. The zero-order chi connectivity index (χ0) is 13.8. The van der Waals surface area contributed by atoms with Crippen molar-refractivity contribution < 1.29 is 14.3 Å². The molecule has 0 saturated carbocycles. The van der Waals surface area contributed by atoms with Crippen molar-refractivity contribution in [1.82, 2.24) is 14.7 Å². The van der Waals surface area contributed by atoms with Gasteiger partial charge in [-0.05, 0) is 25.8 Å². The second kappa shape index (κ2) is 5.86. The van der Waals surface area contributed by atoms with Crippen molar-refractivity contribution in [2.24, 2.45) is 13.0 Å². The molecule has 1 aliphatic heterocycles. The first-order chi connectivity index (χ1) is 9.13. The quantitative estimate of drug-likeness (QED) is 0.760. The number of nitrogens with zero attached hydrogens (tertiary/aromatic N) is 3. The normalized spacial score (nSPS) is 19.3. The average Bonchev–Trinajstić information content (AvgIpc) is 2.84. The molecular weight excluding hydrogens is 246 g/mol. The fourth-order valence-corrected chi connectivity index (χ4v) is 2.36. The molecule has 1 saturated heterocycles. The summed E-state index contributed by atoms with van der Waals surface area (Å²) in [6.45, 7) is 3.28. The van der Waals surface area contributed by atoms with Gasteiger partial charge in [-0.2, -0.15) is 5.10 Å². The van der Waals surface area contributed by atoms with Crippen LogP contribution in [0.3, 0.4) is 0 Å². The van der Waals surface area contributed by atoms with E-state index in [1.54, 1.807) is 35.8 Å². The number of likely N-dealkylation sites (tertiary alicyclic amines) is 1. The van der Waals surface area contributed by atoms with E-state index in [-0.39, 0.29) is 17.8 Å². The van der Waals surface area contributed by atoms with E-state index in [4.69, 9.17) is 4.74 Å². The Morgan fingerprint density at radius 3 is 2.95 bits per heavy atom. The van der Waals surface area contributed by atoms with Gasteiger partial charge in [0.25, 0.3) is 5.91 Å². The van der Waals surface area contributed by atoms with Crippen LogP contribution in [0.5, 0.6) is 0 Å². The number of rotatable bonds is 3. The predicted molar refractivity (Wildman–Crippen MR) is 68.5 cm³/mol. The van der Waals surface area contributed by atoms with Crippen molar-refractivity contribution in [2.75, 3.05) is 19.7 Å². The Balaban J connectivity index is 2.03. The molecule has 1 atom stereocenters. The minimum Gasteiger partial charge on any atom is -0.466 e. The van der Waals surface area contributed by atoms with E-state index in [9.17, 15) is 9.59 Å². The van der Waals surface area contributed by atoms with Crippen molar-refractivity contribution in [1.29, 1.82) is 0 Å². The molecule has 2 heterocycles. The third-order valence-electron chi connectivity index (χ3n) is 3.37. The largest absolute Gasteiger partial charge is 0.466 e. The number of esters is 1. The average molecular weight is 265 g/mol. The van der Waals surface area contributed by atoms with E-state index < -0.39 is 0 Å². The number of piperidine rings is 1. The molecule has 1 aromatic rings. The number of hydrogen-bond donors (Lipinski definition) is 0. The van der Waals surface area contributed by atoms with Gasteiger partial charge in [0.2, 0.25) is 0 Å². The number of aromatic nitrogens is 2. The van der Waals surface area contributed by atoms with E-state index in [0.717, 1.165) is 12.8 Å². The molecule has 0 unspecified atom stereocenters. The summed E-state index contributed by atoms with van der Waals surface area (Å²) in [6, 6.07) is 1.69. The van der Waals surface area contributed by atoms with Crippen molar-refractivity contribution in [3.63, 3.8) is 0 Å². The summed E-state index contributed by atoms with van der Waals surface area (Å²) in [7, 11) is 1.74. The Hall–Kier alpha value is -1.85. The lowest BCUT2D eigenvalue weighted by Gasteiger charge is -2.31. The van der Waals surface area contributed by atoms with Crippen molar-refractivity contribution in [3.05, 3.63) is 18.0 Å². The highest BCUT2D eigenvalue weighted by Gasteiger charge is 2.30. The van der Waals surface area contributed by atoms with E-state index in [2.05, 4.69) is 5.10 Å². The van der Waals surface area contributed by atoms with Crippen LogP contribution in [0.2, 0.25) is 0 Å². The van der Waals surface area contributed by atoms with Gasteiger partial charge < -0.3 is 9.64 Å². The Morgan fingerprint density at radius 2 is 2.32 bits per heavy atom. The maximum Gasteiger partial charge on any atom is 0.310 e. The summed E-state index contributed by atoms with van der Waals surface area (Å²) in [6.07, 6.45) is 3.21. The molecular formula is C13H19N3O3. The zero-order valence-corrected chi connectivity index (χ0v) is 11.3. The number of aryl methyl sites for hydroxylation is 1. The molecule has 6 heteroatoms. The fourth-order valence-electron chi connectivity index (χ4n) is 2.36. The van der Waals surface area contributed by atoms with Crippen molar-refractivity contribution in [2.45, 2.75) is 19.8 Å². The summed E-state index contributed by atoms with van der Waals surface area (Å²) >= 11 is 0. The van der Waals surface area contributed by atoms with Crippen LogP contribution in [0.25, 0.3) is 0 Å². The highest BCUT2D eigenvalue weighted by Crippen LogP contribution is 2.19. The van der Waals surface area contributed by atoms with Crippen molar-refractivity contribution in [3.8, 4) is 0 Å². The lowest BCUT2D eigenvalue weighted by molar-refractivity contribution is -0.149. The van der Waals surface area contributed by atoms with Crippen molar-refractivity contribution >= 4 is 11.9 Å². The molecule has 1 fully saturated rings. The van der Waals surface area contributed by atoms with Gasteiger partial charge in [-0.3, -0.25) is 14.3 Å². The molecule has 0 bridgehead atoms. The molecule has 0 aromatic carbocycles. The van der Waals surface area contributed by atoms with Gasteiger partial charge in [0.15, 0.2) is 0 Å². The van der Waals surface area contributed by atoms with E-state index in [1.165, 1.54) is 0 Å². The van der Waals surface area contributed by atoms with Gasteiger partial charge in [0.05, 0.1) is 12.5 Å². The second-order valence-corrected chi connectivity index (χ2v) is 4.68. The first-order valence-corrected chi connectivity index (χ1v) is 6.57. The number of amides is 1. The summed E-state index contributed by atoms with van der Waals surface area (Å²) in [4.78, 5) is 25.8. The number of hydrogen-bond acceptors (Lipinski definition) is 4. The van der Waals surface area contributed by atoms with Gasteiger partial charge in [-0.1, -0.05) is 0 Å². The summed E-state index contributed by atoms with van der Waals surface area (Å²) in [5.74, 6) is -0.482. The highest BCUT2D eigenvalue weighted by molar-refractivity contribution is 5.92. The Labute approximate surface area is 112 Å². The third-order valence-corrected chi connectivity index (χ3v) is 3.37. The van der Waals surface area contributed by atoms with Crippen LogP contribution in [0, 0.1) is 5.92 Å². The van der Waals surface area contributed by atoms with Gasteiger partial charge in [0.1, 0.15) is 5.69 Å². The van der Waals surface area contributed by atoms with E-state index in [0.29, 0.717) is 25.4 Å². The topological polar surface area (TPSA) is 64.4 Å². The zero-order valence-electron chi connectivity index (χ0n) is 11.3.